The quantitative estimate of drug-likeness (QED) is 0.850. The molecular weight excluding hydrogens is 252 g/mol. The topological polar surface area (TPSA) is 51.1 Å². The predicted octanol–water partition coefficient (Wildman–Crippen LogP) is 2.00. The van der Waals surface area contributed by atoms with Gasteiger partial charge in [-0.2, -0.15) is 0 Å². The molecule has 1 aliphatic heterocycles. The van der Waals surface area contributed by atoms with Crippen LogP contribution in [0.3, 0.4) is 0 Å². The van der Waals surface area contributed by atoms with E-state index in [4.69, 9.17) is 4.74 Å². The van der Waals surface area contributed by atoms with Crippen molar-refractivity contribution in [2.75, 3.05) is 24.6 Å². The van der Waals surface area contributed by atoms with Crippen molar-refractivity contribution in [3.05, 3.63) is 42.0 Å². The van der Waals surface area contributed by atoms with Crippen molar-refractivity contribution in [3.8, 4) is 5.75 Å². The maximum atomic E-state index is 5.71. The van der Waals surface area contributed by atoms with Crippen LogP contribution in [0.2, 0.25) is 0 Å². The Hall–Kier alpha value is -2.17. The van der Waals surface area contributed by atoms with E-state index in [1.807, 2.05) is 32.0 Å². The number of nitrogens with zero attached hydrogens (tertiary/aromatic N) is 4. The molecule has 1 fully saturated rings. The summed E-state index contributed by atoms with van der Waals surface area (Å²) < 4.78 is 5.71. The Labute approximate surface area is 118 Å². The van der Waals surface area contributed by atoms with Crippen molar-refractivity contribution in [2.24, 2.45) is 5.92 Å². The fraction of sp³-hybridized carbons (Fsp3) is 0.400. The maximum Gasteiger partial charge on any atom is 0.225 e. The van der Waals surface area contributed by atoms with Gasteiger partial charge >= 0.3 is 0 Å². The third-order valence-electron chi connectivity index (χ3n) is 3.33. The van der Waals surface area contributed by atoms with E-state index in [1.54, 1.807) is 12.4 Å². The average Bonchev–Trinajstić information content (AvgIpc) is 2.37. The van der Waals surface area contributed by atoms with Gasteiger partial charge in [-0.25, -0.2) is 9.97 Å². The van der Waals surface area contributed by atoms with Gasteiger partial charge in [0.2, 0.25) is 5.95 Å². The monoisotopic (exact) mass is 270 g/mol. The number of aromatic nitrogens is 3. The maximum absolute atomic E-state index is 5.71. The van der Waals surface area contributed by atoms with Crippen molar-refractivity contribution in [3.63, 3.8) is 0 Å². The van der Waals surface area contributed by atoms with E-state index in [1.165, 1.54) is 0 Å². The lowest BCUT2D eigenvalue weighted by molar-refractivity contribution is 0.219. The smallest absolute Gasteiger partial charge is 0.225 e. The summed E-state index contributed by atoms with van der Waals surface area (Å²) in [4.78, 5) is 15.2. The first kappa shape index (κ1) is 12.8. The molecule has 0 aliphatic carbocycles. The molecular formula is C15H18N4O. The van der Waals surface area contributed by atoms with Gasteiger partial charge in [0.15, 0.2) is 0 Å². The van der Waals surface area contributed by atoms with Crippen molar-refractivity contribution in [1.82, 2.24) is 15.0 Å². The van der Waals surface area contributed by atoms with Crippen LogP contribution < -0.4 is 9.64 Å². The highest BCUT2D eigenvalue weighted by atomic mass is 16.5. The predicted molar refractivity (Wildman–Crippen MR) is 76.9 cm³/mol. The molecule has 0 spiro atoms. The van der Waals surface area contributed by atoms with Crippen LogP contribution >= 0.6 is 0 Å². The van der Waals surface area contributed by atoms with E-state index < -0.39 is 0 Å². The Morgan fingerprint density at radius 1 is 1.25 bits per heavy atom. The number of aryl methyl sites for hydroxylation is 2. The molecule has 2 aromatic heterocycles. The number of hydrogen-bond acceptors (Lipinski definition) is 5. The fourth-order valence-corrected chi connectivity index (χ4v) is 2.33. The van der Waals surface area contributed by atoms with Gasteiger partial charge in [0.1, 0.15) is 5.75 Å². The molecule has 0 unspecified atom stereocenters. The van der Waals surface area contributed by atoms with E-state index in [0.29, 0.717) is 12.5 Å². The van der Waals surface area contributed by atoms with Crippen LogP contribution in [0.15, 0.2) is 30.6 Å². The van der Waals surface area contributed by atoms with Crippen molar-refractivity contribution in [2.45, 2.75) is 13.8 Å². The summed E-state index contributed by atoms with van der Waals surface area (Å²) >= 11 is 0. The minimum atomic E-state index is 0.527. The lowest BCUT2D eigenvalue weighted by Crippen LogP contribution is -2.50. The molecule has 0 saturated carbocycles. The largest absolute Gasteiger partial charge is 0.492 e. The minimum Gasteiger partial charge on any atom is -0.492 e. The van der Waals surface area contributed by atoms with Crippen LogP contribution in [0, 0.1) is 19.8 Å². The number of ether oxygens (including phenoxy) is 1. The second kappa shape index (κ2) is 5.45. The first-order chi connectivity index (χ1) is 9.70. The Bertz CT molecular complexity index is 561. The van der Waals surface area contributed by atoms with Gasteiger partial charge in [-0.15, -0.1) is 0 Å². The molecule has 2 aromatic rings. The fourth-order valence-electron chi connectivity index (χ4n) is 2.33. The van der Waals surface area contributed by atoms with Gasteiger partial charge < -0.3 is 9.64 Å². The Morgan fingerprint density at radius 2 is 2.00 bits per heavy atom. The summed E-state index contributed by atoms with van der Waals surface area (Å²) in [6, 6.07) is 5.80. The van der Waals surface area contributed by atoms with E-state index in [0.717, 1.165) is 36.2 Å². The molecule has 5 nitrogen and oxygen atoms in total. The highest BCUT2D eigenvalue weighted by Gasteiger charge is 2.29. The van der Waals surface area contributed by atoms with Crippen LogP contribution in [0.4, 0.5) is 5.95 Å². The molecule has 0 N–H and O–H groups in total. The van der Waals surface area contributed by atoms with E-state index in [9.17, 15) is 0 Å². The zero-order valence-corrected chi connectivity index (χ0v) is 11.8. The Morgan fingerprint density at radius 3 is 2.65 bits per heavy atom. The van der Waals surface area contributed by atoms with Crippen molar-refractivity contribution in [1.29, 1.82) is 0 Å². The molecule has 0 bridgehead atoms. The van der Waals surface area contributed by atoms with Gasteiger partial charge in [0.05, 0.1) is 12.8 Å². The normalized spacial score (nSPS) is 15.0. The summed E-state index contributed by atoms with van der Waals surface area (Å²) in [5.41, 5.74) is 2.03. The summed E-state index contributed by atoms with van der Waals surface area (Å²) in [7, 11) is 0. The minimum absolute atomic E-state index is 0.527. The number of rotatable bonds is 4. The molecule has 0 aromatic carbocycles. The van der Waals surface area contributed by atoms with E-state index in [2.05, 4.69) is 19.9 Å². The second-order valence-electron chi connectivity index (χ2n) is 5.22. The first-order valence-corrected chi connectivity index (χ1v) is 6.81. The Kier molecular flexibility index (Phi) is 3.50. The molecule has 3 rings (SSSR count). The molecule has 0 radical (unpaired) electrons. The number of pyridine rings is 1. The molecule has 0 atom stereocenters. The molecule has 104 valence electrons. The van der Waals surface area contributed by atoms with Crippen LogP contribution in [0.5, 0.6) is 5.75 Å². The summed E-state index contributed by atoms with van der Waals surface area (Å²) in [6.07, 6.45) is 3.48. The lowest BCUT2D eigenvalue weighted by Gasteiger charge is -2.39. The van der Waals surface area contributed by atoms with Gasteiger partial charge in [0, 0.05) is 36.6 Å². The Balaban J connectivity index is 1.51. The third-order valence-corrected chi connectivity index (χ3v) is 3.33. The SMILES string of the molecule is Cc1cc(C)nc(N2CC(COc3cccnc3)C2)n1. The van der Waals surface area contributed by atoms with Crippen molar-refractivity contribution < 1.29 is 4.74 Å². The lowest BCUT2D eigenvalue weighted by atomic mass is 10.0. The summed E-state index contributed by atoms with van der Waals surface area (Å²) in [6.45, 7) is 6.61. The molecule has 1 aliphatic rings. The van der Waals surface area contributed by atoms with Gasteiger partial charge in [-0.05, 0) is 32.0 Å². The zero-order chi connectivity index (χ0) is 13.9. The van der Waals surface area contributed by atoms with Crippen LogP contribution in [0.1, 0.15) is 11.4 Å². The standard InChI is InChI=1S/C15H18N4O/c1-11-6-12(2)18-15(17-11)19-8-13(9-19)10-20-14-4-3-5-16-7-14/h3-7,13H,8-10H2,1-2H3. The zero-order valence-electron chi connectivity index (χ0n) is 11.8. The van der Waals surface area contributed by atoms with Gasteiger partial charge in [-0.1, -0.05) is 0 Å². The second-order valence-corrected chi connectivity index (χ2v) is 5.22. The van der Waals surface area contributed by atoms with Crippen LogP contribution in [0.25, 0.3) is 0 Å². The molecule has 20 heavy (non-hydrogen) atoms. The van der Waals surface area contributed by atoms with Crippen LogP contribution in [-0.2, 0) is 0 Å². The number of hydrogen-bond donors (Lipinski definition) is 0. The van der Waals surface area contributed by atoms with Crippen molar-refractivity contribution >= 4 is 5.95 Å². The van der Waals surface area contributed by atoms with Gasteiger partial charge in [-0.3, -0.25) is 4.98 Å². The molecule has 0 amide bonds. The van der Waals surface area contributed by atoms with Gasteiger partial charge in [0.25, 0.3) is 0 Å². The third kappa shape index (κ3) is 2.87. The van der Waals surface area contributed by atoms with E-state index in [-0.39, 0.29) is 0 Å². The highest BCUT2D eigenvalue weighted by Crippen LogP contribution is 2.22. The first-order valence-electron chi connectivity index (χ1n) is 6.81. The molecule has 3 heterocycles. The highest BCUT2D eigenvalue weighted by molar-refractivity contribution is 5.36. The number of anilines is 1. The van der Waals surface area contributed by atoms with E-state index >= 15 is 0 Å². The average molecular weight is 270 g/mol. The van der Waals surface area contributed by atoms with Crippen LogP contribution in [-0.4, -0.2) is 34.6 Å². The summed E-state index contributed by atoms with van der Waals surface area (Å²) in [5, 5.41) is 0. The molecule has 1 saturated heterocycles. The molecule has 5 heteroatoms. The summed E-state index contributed by atoms with van der Waals surface area (Å²) in [5.74, 6) is 2.19.